The zero-order valence-electron chi connectivity index (χ0n) is 13.3. The van der Waals surface area contributed by atoms with Gasteiger partial charge in [0.05, 0.1) is 5.69 Å². The second kappa shape index (κ2) is 6.16. The van der Waals surface area contributed by atoms with Crippen molar-refractivity contribution >= 4 is 11.0 Å². The van der Waals surface area contributed by atoms with Crippen LogP contribution in [-0.2, 0) is 6.54 Å². The van der Waals surface area contributed by atoms with Crippen LogP contribution in [0.1, 0.15) is 26.0 Å². The highest BCUT2D eigenvalue weighted by Gasteiger charge is 2.24. The summed E-state index contributed by atoms with van der Waals surface area (Å²) in [7, 11) is 2.21. The maximum absolute atomic E-state index is 4.69. The van der Waals surface area contributed by atoms with Crippen molar-refractivity contribution in [3.8, 4) is 0 Å². The van der Waals surface area contributed by atoms with Crippen molar-refractivity contribution in [2.45, 2.75) is 32.9 Å². The number of H-pyrrole nitrogens is 1. The van der Waals surface area contributed by atoms with Gasteiger partial charge in [0, 0.05) is 37.3 Å². The minimum atomic E-state index is 0.678. The summed E-state index contributed by atoms with van der Waals surface area (Å²) in [5.74, 6) is 0.798. The Morgan fingerprint density at radius 2 is 2.24 bits per heavy atom. The van der Waals surface area contributed by atoms with Crippen LogP contribution in [0, 0.1) is 5.92 Å². The molecule has 0 bridgehead atoms. The molecule has 0 unspecified atom stereocenters. The number of aromatic amines is 1. The third-order valence-electron chi connectivity index (χ3n) is 4.52. The molecule has 0 aromatic carbocycles. The van der Waals surface area contributed by atoms with E-state index in [1.54, 1.807) is 0 Å². The Bertz CT molecular complexity index is 589. The normalized spacial score (nSPS) is 20.1. The molecule has 0 aliphatic carbocycles. The van der Waals surface area contributed by atoms with E-state index in [0.717, 1.165) is 30.3 Å². The lowest BCUT2D eigenvalue weighted by Crippen LogP contribution is -2.31. The third-order valence-corrected chi connectivity index (χ3v) is 4.52. The fourth-order valence-electron chi connectivity index (χ4n) is 3.32. The first-order valence-corrected chi connectivity index (χ1v) is 7.97. The molecule has 114 valence electrons. The lowest BCUT2D eigenvalue weighted by Gasteiger charge is -2.23. The number of hydrogen-bond donors (Lipinski definition) is 1. The molecule has 2 aromatic rings. The summed E-state index contributed by atoms with van der Waals surface area (Å²) in [4.78, 5) is 12.9. The number of fused-ring (bicyclic) bond motifs is 1. The van der Waals surface area contributed by atoms with E-state index in [4.69, 9.17) is 0 Å². The topological polar surface area (TPSA) is 35.2 Å². The van der Waals surface area contributed by atoms with E-state index < -0.39 is 0 Å². The van der Waals surface area contributed by atoms with Gasteiger partial charge in [0.25, 0.3) is 0 Å². The number of rotatable bonds is 5. The van der Waals surface area contributed by atoms with Crippen LogP contribution < -0.4 is 0 Å². The van der Waals surface area contributed by atoms with Crippen molar-refractivity contribution in [1.29, 1.82) is 0 Å². The van der Waals surface area contributed by atoms with E-state index in [1.165, 1.54) is 24.9 Å². The molecule has 0 spiro atoms. The molecule has 1 saturated heterocycles. The molecule has 1 N–H and O–H groups in total. The molecule has 3 heterocycles. The molecule has 1 atom stereocenters. The van der Waals surface area contributed by atoms with E-state index in [2.05, 4.69) is 58.9 Å². The van der Waals surface area contributed by atoms with E-state index >= 15 is 0 Å². The second-order valence-corrected chi connectivity index (χ2v) is 6.66. The molecule has 21 heavy (non-hydrogen) atoms. The first-order valence-electron chi connectivity index (χ1n) is 7.97. The second-order valence-electron chi connectivity index (χ2n) is 6.66. The summed E-state index contributed by atoms with van der Waals surface area (Å²) in [6.45, 7) is 9.16. The summed E-state index contributed by atoms with van der Waals surface area (Å²) in [6.07, 6.45) is 3.27. The maximum Gasteiger partial charge on any atom is 0.137 e. The Kier molecular flexibility index (Phi) is 4.27. The molecule has 0 saturated carbocycles. The number of hydrogen-bond acceptors (Lipinski definition) is 3. The van der Waals surface area contributed by atoms with Crippen LogP contribution in [-0.4, -0.2) is 52.5 Å². The van der Waals surface area contributed by atoms with Gasteiger partial charge in [-0.3, -0.25) is 0 Å². The van der Waals surface area contributed by atoms with Crippen LogP contribution in [0.5, 0.6) is 0 Å². The van der Waals surface area contributed by atoms with E-state index in [1.807, 2.05) is 6.20 Å². The van der Waals surface area contributed by atoms with Crippen molar-refractivity contribution in [3.63, 3.8) is 0 Å². The highest BCUT2D eigenvalue weighted by molar-refractivity contribution is 5.75. The largest absolute Gasteiger partial charge is 0.346 e. The van der Waals surface area contributed by atoms with Crippen LogP contribution in [0.25, 0.3) is 11.0 Å². The van der Waals surface area contributed by atoms with Gasteiger partial charge < -0.3 is 14.8 Å². The molecule has 0 amide bonds. The Morgan fingerprint density at radius 3 is 3.00 bits per heavy atom. The Labute approximate surface area is 127 Å². The lowest BCUT2D eigenvalue weighted by molar-refractivity contribution is 0.234. The van der Waals surface area contributed by atoms with Crippen molar-refractivity contribution in [2.75, 3.05) is 26.7 Å². The molecule has 4 heteroatoms. The molecule has 4 nitrogen and oxygen atoms in total. The van der Waals surface area contributed by atoms with Crippen LogP contribution in [0.2, 0.25) is 0 Å². The molecule has 1 aliphatic heterocycles. The van der Waals surface area contributed by atoms with Crippen LogP contribution >= 0.6 is 0 Å². The minimum Gasteiger partial charge on any atom is -0.346 e. The molecule has 0 radical (unpaired) electrons. The summed E-state index contributed by atoms with van der Waals surface area (Å²) in [5.41, 5.74) is 2.14. The summed E-state index contributed by atoms with van der Waals surface area (Å²) in [6, 6.07) is 7.03. The van der Waals surface area contributed by atoms with Gasteiger partial charge in [-0.15, -0.1) is 0 Å². The van der Waals surface area contributed by atoms with Crippen LogP contribution in [0.4, 0.5) is 0 Å². The van der Waals surface area contributed by atoms with Crippen molar-refractivity contribution < 1.29 is 0 Å². The van der Waals surface area contributed by atoms with Gasteiger partial charge in [-0.1, -0.05) is 0 Å². The lowest BCUT2D eigenvalue weighted by atomic mass is 10.1. The predicted octanol–water partition coefficient (Wildman–Crippen LogP) is 2.73. The first kappa shape index (κ1) is 14.5. The van der Waals surface area contributed by atoms with Crippen LogP contribution in [0.3, 0.4) is 0 Å². The number of nitrogens with zero attached hydrogens (tertiary/aromatic N) is 3. The Morgan fingerprint density at radius 1 is 1.38 bits per heavy atom. The highest BCUT2D eigenvalue weighted by Crippen LogP contribution is 2.20. The molecule has 2 aromatic heterocycles. The highest BCUT2D eigenvalue weighted by atomic mass is 15.2. The van der Waals surface area contributed by atoms with E-state index in [0.29, 0.717) is 6.04 Å². The van der Waals surface area contributed by atoms with Gasteiger partial charge in [0.1, 0.15) is 5.65 Å². The minimum absolute atomic E-state index is 0.678. The van der Waals surface area contributed by atoms with Crippen molar-refractivity contribution in [1.82, 2.24) is 19.8 Å². The predicted molar refractivity (Wildman–Crippen MR) is 87.2 cm³/mol. The average molecular weight is 286 g/mol. The number of likely N-dealkylation sites (tertiary alicyclic amines) is 1. The number of nitrogens with one attached hydrogen (secondary N) is 1. The number of pyridine rings is 1. The first-order chi connectivity index (χ1) is 10.1. The van der Waals surface area contributed by atoms with Gasteiger partial charge in [0.15, 0.2) is 0 Å². The smallest absolute Gasteiger partial charge is 0.137 e. The fourth-order valence-corrected chi connectivity index (χ4v) is 3.32. The molecule has 1 aliphatic rings. The SMILES string of the molecule is CC(C)N1CC[C@H](CN(C)Cc2ccc3cc[nH]c3n2)C1. The molecular formula is C17H26N4. The fraction of sp³-hybridized carbons (Fsp3) is 0.588. The maximum atomic E-state index is 4.69. The van der Waals surface area contributed by atoms with Crippen molar-refractivity contribution in [3.05, 3.63) is 30.1 Å². The zero-order valence-corrected chi connectivity index (χ0v) is 13.3. The molecular weight excluding hydrogens is 260 g/mol. The Balaban J connectivity index is 1.55. The molecule has 3 rings (SSSR count). The quantitative estimate of drug-likeness (QED) is 0.918. The molecule has 1 fully saturated rings. The average Bonchev–Trinajstić information content (AvgIpc) is 3.06. The van der Waals surface area contributed by atoms with Gasteiger partial charge in [0.2, 0.25) is 0 Å². The number of aromatic nitrogens is 2. The zero-order chi connectivity index (χ0) is 14.8. The summed E-state index contributed by atoms with van der Waals surface area (Å²) in [5, 5.41) is 1.18. The third kappa shape index (κ3) is 3.44. The van der Waals surface area contributed by atoms with Crippen LogP contribution in [0.15, 0.2) is 24.4 Å². The van der Waals surface area contributed by atoms with E-state index in [-0.39, 0.29) is 0 Å². The summed E-state index contributed by atoms with van der Waals surface area (Å²) < 4.78 is 0. The van der Waals surface area contributed by atoms with Gasteiger partial charge in [-0.2, -0.15) is 0 Å². The van der Waals surface area contributed by atoms with Gasteiger partial charge >= 0.3 is 0 Å². The monoisotopic (exact) mass is 286 g/mol. The van der Waals surface area contributed by atoms with Gasteiger partial charge in [-0.25, -0.2) is 4.98 Å². The standard InChI is InChI=1S/C17H26N4/c1-13(2)21-9-7-14(11-21)10-20(3)12-16-5-4-15-6-8-18-17(15)19-16/h4-6,8,13-14H,7,9-12H2,1-3H3,(H,18,19)/t14-/m1/s1. The van der Waals surface area contributed by atoms with Crippen molar-refractivity contribution in [2.24, 2.45) is 5.92 Å². The van der Waals surface area contributed by atoms with E-state index in [9.17, 15) is 0 Å². The van der Waals surface area contributed by atoms with Gasteiger partial charge in [-0.05, 0) is 58.0 Å². The Hall–Kier alpha value is -1.39. The summed E-state index contributed by atoms with van der Waals surface area (Å²) >= 11 is 0.